The first-order valence-electron chi connectivity index (χ1n) is 7.83. The Hall–Kier alpha value is -2.61. The van der Waals surface area contributed by atoms with Crippen LogP contribution in [-0.2, 0) is 9.59 Å². The second-order valence-electron chi connectivity index (χ2n) is 5.14. The summed E-state index contributed by atoms with van der Waals surface area (Å²) in [5, 5.41) is 7.47. The quantitative estimate of drug-likeness (QED) is 0.508. The third kappa shape index (κ3) is 7.10. The lowest BCUT2D eigenvalue weighted by Gasteiger charge is -2.16. The summed E-state index contributed by atoms with van der Waals surface area (Å²) in [5.41, 5.74) is 0.656. The van der Waals surface area contributed by atoms with E-state index in [1.54, 1.807) is 38.3 Å². The lowest BCUT2D eigenvalue weighted by atomic mass is 10.3. The summed E-state index contributed by atoms with van der Waals surface area (Å²) >= 11 is 0. The first-order chi connectivity index (χ1) is 11.5. The number of ether oxygens (including phenoxy) is 1. The van der Waals surface area contributed by atoms with Crippen LogP contribution in [0.1, 0.15) is 13.8 Å². The van der Waals surface area contributed by atoms with Crippen molar-refractivity contribution in [2.75, 3.05) is 38.6 Å². The molecule has 0 spiro atoms. The third-order valence-corrected chi connectivity index (χ3v) is 3.29. The predicted molar refractivity (Wildman–Crippen MR) is 90.1 cm³/mol. The number of carbonyl (C=O) groups excluding carboxylic acids is 3. The normalized spacial score (nSPS) is 11.3. The zero-order valence-electron chi connectivity index (χ0n) is 14.3. The number of urea groups is 1. The van der Waals surface area contributed by atoms with Crippen molar-refractivity contribution in [3.8, 4) is 5.75 Å². The molecule has 1 unspecified atom stereocenters. The summed E-state index contributed by atoms with van der Waals surface area (Å²) in [6.45, 7) is 4.83. The Kier molecular flexibility index (Phi) is 8.28. The van der Waals surface area contributed by atoms with E-state index in [1.165, 1.54) is 0 Å². The molecular formula is C16H25N4O4+. The number of nitrogens with one attached hydrogen (secondary N) is 4. The minimum Gasteiger partial charge on any atom is -0.497 e. The Morgan fingerprint density at radius 1 is 1.04 bits per heavy atom. The Morgan fingerprint density at radius 2 is 1.67 bits per heavy atom. The van der Waals surface area contributed by atoms with Crippen LogP contribution in [0.15, 0.2) is 24.3 Å². The van der Waals surface area contributed by atoms with Crippen molar-refractivity contribution < 1.29 is 24.0 Å². The van der Waals surface area contributed by atoms with Gasteiger partial charge in [-0.05, 0) is 38.1 Å². The zero-order chi connectivity index (χ0) is 17.9. The maximum absolute atomic E-state index is 12.1. The van der Waals surface area contributed by atoms with Crippen molar-refractivity contribution in [2.45, 2.75) is 13.8 Å². The standard InChI is InChI=1S/C16H24N4O4/c1-4-17-16(23)19-15(22)11-20(5-2)10-14(21)18-12-6-8-13(24-3)9-7-12/h6-9H,4-5,10-11H2,1-3H3,(H,18,21)(H2,17,19,22,23)/p+1. The molecule has 0 bridgehead atoms. The van der Waals surface area contributed by atoms with Gasteiger partial charge >= 0.3 is 6.03 Å². The number of benzene rings is 1. The van der Waals surface area contributed by atoms with Gasteiger partial charge in [-0.25, -0.2) is 4.79 Å². The lowest BCUT2D eigenvalue weighted by Crippen LogP contribution is -3.14. The van der Waals surface area contributed by atoms with Crippen molar-refractivity contribution in [3.05, 3.63) is 24.3 Å². The van der Waals surface area contributed by atoms with E-state index in [9.17, 15) is 14.4 Å². The highest BCUT2D eigenvalue weighted by atomic mass is 16.5. The van der Waals surface area contributed by atoms with Crippen molar-refractivity contribution in [3.63, 3.8) is 0 Å². The van der Waals surface area contributed by atoms with E-state index in [0.29, 0.717) is 24.5 Å². The molecule has 0 aliphatic heterocycles. The number of hydrogen-bond acceptors (Lipinski definition) is 4. The smallest absolute Gasteiger partial charge is 0.321 e. The minimum atomic E-state index is -0.527. The van der Waals surface area contributed by atoms with Crippen molar-refractivity contribution >= 4 is 23.5 Å². The van der Waals surface area contributed by atoms with Gasteiger partial charge in [-0.1, -0.05) is 0 Å². The van der Waals surface area contributed by atoms with E-state index in [-0.39, 0.29) is 19.0 Å². The molecule has 1 aromatic rings. The van der Waals surface area contributed by atoms with Gasteiger partial charge in [0.2, 0.25) is 0 Å². The molecule has 132 valence electrons. The van der Waals surface area contributed by atoms with Crippen molar-refractivity contribution in [1.29, 1.82) is 0 Å². The maximum Gasteiger partial charge on any atom is 0.321 e. The lowest BCUT2D eigenvalue weighted by molar-refractivity contribution is -0.881. The zero-order valence-corrected chi connectivity index (χ0v) is 14.3. The van der Waals surface area contributed by atoms with Crippen LogP contribution in [0.5, 0.6) is 5.75 Å². The van der Waals surface area contributed by atoms with Crippen molar-refractivity contribution in [2.24, 2.45) is 0 Å². The first-order valence-corrected chi connectivity index (χ1v) is 7.83. The van der Waals surface area contributed by atoms with Gasteiger partial charge in [-0.2, -0.15) is 0 Å². The molecule has 4 amide bonds. The van der Waals surface area contributed by atoms with E-state index in [4.69, 9.17) is 4.74 Å². The monoisotopic (exact) mass is 337 g/mol. The maximum atomic E-state index is 12.1. The molecule has 1 atom stereocenters. The van der Waals surface area contributed by atoms with Crippen LogP contribution < -0.4 is 25.6 Å². The predicted octanol–water partition coefficient (Wildman–Crippen LogP) is -0.616. The number of methoxy groups -OCH3 is 1. The molecular weight excluding hydrogens is 312 g/mol. The Labute approximate surface area is 141 Å². The number of amides is 4. The Bertz CT molecular complexity index is 560. The molecule has 0 radical (unpaired) electrons. The molecule has 8 heteroatoms. The number of likely N-dealkylation sites (N-methyl/N-ethyl adjacent to an activating group) is 1. The van der Waals surface area contributed by atoms with E-state index >= 15 is 0 Å². The van der Waals surface area contributed by atoms with E-state index in [0.717, 1.165) is 4.90 Å². The van der Waals surface area contributed by atoms with Gasteiger partial charge in [0.15, 0.2) is 13.1 Å². The first kappa shape index (κ1) is 19.4. The number of quaternary nitrogens is 1. The number of imide groups is 1. The Morgan fingerprint density at radius 3 is 2.21 bits per heavy atom. The molecule has 0 saturated heterocycles. The summed E-state index contributed by atoms with van der Waals surface area (Å²) in [5.74, 6) is 0.0775. The van der Waals surface area contributed by atoms with Crippen LogP contribution in [0.3, 0.4) is 0 Å². The molecule has 0 aliphatic carbocycles. The minimum absolute atomic E-state index is 0.0453. The SMILES string of the molecule is CCNC(=O)NC(=O)C[NH+](CC)CC(=O)Nc1ccc(OC)cc1. The van der Waals surface area contributed by atoms with Crippen LogP contribution in [0, 0.1) is 0 Å². The van der Waals surface area contributed by atoms with Gasteiger partial charge in [0, 0.05) is 12.2 Å². The summed E-state index contributed by atoms with van der Waals surface area (Å²) in [6, 6.07) is 6.45. The molecule has 0 fully saturated rings. The van der Waals surface area contributed by atoms with Crippen LogP contribution in [0.4, 0.5) is 10.5 Å². The number of hydrogen-bond donors (Lipinski definition) is 4. The van der Waals surface area contributed by atoms with E-state index < -0.39 is 11.9 Å². The highest BCUT2D eigenvalue weighted by Crippen LogP contribution is 2.14. The van der Waals surface area contributed by atoms with Crippen LogP contribution >= 0.6 is 0 Å². The fourth-order valence-corrected chi connectivity index (χ4v) is 2.02. The molecule has 0 aliphatic rings. The second kappa shape index (κ2) is 10.2. The largest absolute Gasteiger partial charge is 0.497 e. The highest BCUT2D eigenvalue weighted by molar-refractivity contribution is 5.95. The van der Waals surface area contributed by atoms with Gasteiger partial charge in [-0.3, -0.25) is 14.9 Å². The molecule has 0 heterocycles. The molecule has 8 nitrogen and oxygen atoms in total. The van der Waals surface area contributed by atoms with Crippen LogP contribution in [0.25, 0.3) is 0 Å². The van der Waals surface area contributed by atoms with Gasteiger partial charge in [-0.15, -0.1) is 0 Å². The van der Waals surface area contributed by atoms with Gasteiger partial charge in [0.05, 0.1) is 13.7 Å². The topological polar surface area (TPSA) is 101 Å². The molecule has 0 aromatic heterocycles. The molecule has 0 saturated carbocycles. The average Bonchev–Trinajstić information content (AvgIpc) is 2.54. The fraction of sp³-hybridized carbons (Fsp3) is 0.438. The number of anilines is 1. The summed E-state index contributed by atoms with van der Waals surface area (Å²) < 4.78 is 5.05. The third-order valence-electron chi connectivity index (χ3n) is 3.29. The molecule has 4 N–H and O–H groups in total. The van der Waals surface area contributed by atoms with E-state index in [2.05, 4.69) is 16.0 Å². The Balaban J connectivity index is 2.46. The van der Waals surface area contributed by atoms with Gasteiger partial charge < -0.3 is 20.3 Å². The average molecular weight is 337 g/mol. The van der Waals surface area contributed by atoms with Crippen LogP contribution in [-0.4, -0.2) is 51.1 Å². The molecule has 1 aromatic carbocycles. The molecule has 24 heavy (non-hydrogen) atoms. The van der Waals surface area contributed by atoms with Gasteiger partial charge in [0.25, 0.3) is 11.8 Å². The van der Waals surface area contributed by atoms with Crippen LogP contribution in [0.2, 0.25) is 0 Å². The van der Waals surface area contributed by atoms with Gasteiger partial charge in [0.1, 0.15) is 5.75 Å². The number of carbonyl (C=O) groups is 3. The number of rotatable bonds is 8. The summed E-state index contributed by atoms with van der Waals surface area (Å²) in [4.78, 5) is 35.9. The molecule has 1 rings (SSSR count). The van der Waals surface area contributed by atoms with E-state index in [1.807, 2.05) is 6.92 Å². The highest BCUT2D eigenvalue weighted by Gasteiger charge is 2.18. The van der Waals surface area contributed by atoms with Crippen molar-refractivity contribution in [1.82, 2.24) is 10.6 Å². The summed E-state index contributed by atoms with van der Waals surface area (Å²) in [7, 11) is 1.57. The fourth-order valence-electron chi connectivity index (χ4n) is 2.02. The second-order valence-corrected chi connectivity index (χ2v) is 5.14. The summed E-state index contributed by atoms with van der Waals surface area (Å²) in [6.07, 6.45) is 0.